The molecule has 1 heterocycles. The number of rotatable bonds is 1. The maximum absolute atomic E-state index is 9.12. The molecule has 1 saturated carbocycles. The van der Waals surface area contributed by atoms with Crippen molar-refractivity contribution in [3.05, 3.63) is 0 Å². The van der Waals surface area contributed by atoms with Crippen LogP contribution in [0.15, 0.2) is 0 Å². The number of piperidine rings is 1. The molecule has 2 heteroatoms. The largest absolute Gasteiger partial charge is 0.300 e. The summed E-state index contributed by atoms with van der Waals surface area (Å²) in [5, 5.41) is 9.12. The van der Waals surface area contributed by atoms with Gasteiger partial charge in [-0.15, -0.1) is 0 Å². The summed E-state index contributed by atoms with van der Waals surface area (Å²) in [6, 6.07) is 3.30. The molecule has 1 aliphatic heterocycles. The molecule has 0 aromatic carbocycles. The Bertz CT molecular complexity index is 271. The molecular formula is C14H24N2. The zero-order valence-corrected chi connectivity index (χ0v) is 10.7. The van der Waals surface area contributed by atoms with Gasteiger partial charge < -0.3 is 4.90 Å². The second-order valence-electron chi connectivity index (χ2n) is 6.13. The second-order valence-corrected chi connectivity index (χ2v) is 6.13. The van der Waals surface area contributed by atoms with Gasteiger partial charge >= 0.3 is 0 Å². The number of nitrogens with zero attached hydrogens (tertiary/aromatic N) is 2. The van der Waals surface area contributed by atoms with E-state index in [0.29, 0.717) is 0 Å². The van der Waals surface area contributed by atoms with E-state index < -0.39 is 0 Å². The average molecular weight is 220 g/mol. The molecule has 0 N–H and O–H groups in total. The SMILES string of the molecule is CC1CCCC(N2CCC(C)(C#N)CC2)C1. The van der Waals surface area contributed by atoms with Crippen molar-refractivity contribution in [3.8, 4) is 6.07 Å². The van der Waals surface area contributed by atoms with Crippen LogP contribution in [0.1, 0.15) is 52.4 Å². The van der Waals surface area contributed by atoms with Crippen LogP contribution in [-0.2, 0) is 0 Å². The highest BCUT2D eigenvalue weighted by atomic mass is 15.2. The number of hydrogen-bond donors (Lipinski definition) is 0. The van der Waals surface area contributed by atoms with E-state index >= 15 is 0 Å². The zero-order chi connectivity index (χ0) is 11.6. The Morgan fingerprint density at radius 3 is 2.50 bits per heavy atom. The van der Waals surface area contributed by atoms with Gasteiger partial charge in [0.2, 0.25) is 0 Å². The zero-order valence-electron chi connectivity index (χ0n) is 10.7. The average Bonchev–Trinajstić information content (AvgIpc) is 2.30. The molecule has 2 aliphatic rings. The Balaban J connectivity index is 1.87. The predicted molar refractivity (Wildman–Crippen MR) is 65.9 cm³/mol. The molecule has 0 aromatic rings. The fourth-order valence-corrected chi connectivity index (χ4v) is 3.23. The summed E-state index contributed by atoms with van der Waals surface area (Å²) in [5.74, 6) is 0.906. The fourth-order valence-electron chi connectivity index (χ4n) is 3.23. The molecule has 1 aliphatic carbocycles. The first-order valence-corrected chi connectivity index (χ1v) is 6.78. The van der Waals surface area contributed by atoms with Crippen molar-refractivity contribution in [2.75, 3.05) is 13.1 Å². The molecule has 0 radical (unpaired) electrons. The molecule has 2 rings (SSSR count). The smallest absolute Gasteiger partial charge is 0.0687 e. The van der Waals surface area contributed by atoms with Crippen LogP contribution in [0.3, 0.4) is 0 Å². The van der Waals surface area contributed by atoms with E-state index in [1.165, 1.54) is 25.7 Å². The van der Waals surface area contributed by atoms with Gasteiger partial charge in [-0.3, -0.25) is 0 Å². The normalized spacial score (nSPS) is 35.6. The summed E-state index contributed by atoms with van der Waals surface area (Å²) in [5.41, 5.74) is -0.0449. The standard InChI is InChI=1S/C14H24N2/c1-12-4-3-5-13(10-12)16-8-6-14(2,11-15)7-9-16/h12-13H,3-10H2,1-2H3. The Hall–Kier alpha value is -0.550. The van der Waals surface area contributed by atoms with Crippen LogP contribution in [0, 0.1) is 22.7 Å². The molecule has 0 spiro atoms. The Morgan fingerprint density at radius 2 is 1.94 bits per heavy atom. The molecule has 16 heavy (non-hydrogen) atoms. The minimum absolute atomic E-state index is 0.0449. The van der Waals surface area contributed by atoms with Gasteiger partial charge in [0.15, 0.2) is 0 Å². The topological polar surface area (TPSA) is 27.0 Å². The van der Waals surface area contributed by atoms with E-state index in [2.05, 4.69) is 24.8 Å². The Kier molecular flexibility index (Phi) is 3.54. The minimum atomic E-state index is -0.0449. The summed E-state index contributed by atoms with van der Waals surface area (Å²) in [6.07, 6.45) is 7.71. The number of nitriles is 1. The molecular weight excluding hydrogens is 196 g/mol. The third kappa shape index (κ3) is 2.58. The third-order valence-electron chi connectivity index (χ3n) is 4.60. The van der Waals surface area contributed by atoms with Crippen LogP contribution in [0.5, 0.6) is 0 Å². The van der Waals surface area contributed by atoms with Crippen LogP contribution in [0.2, 0.25) is 0 Å². The second kappa shape index (κ2) is 4.75. The monoisotopic (exact) mass is 220 g/mol. The van der Waals surface area contributed by atoms with Crippen LogP contribution in [0.4, 0.5) is 0 Å². The van der Waals surface area contributed by atoms with E-state index in [0.717, 1.165) is 37.9 Å². The molecule has 2 atom stereocenters. The van der Waals surface area contributed by atoms with Crippen LogP contribution < -0.4 is 0 Å². The predicted octanol–water partition coefficient (Wildman–Crippen LogP) is 3.19. The van der Waals surface area contributed by atoms with Crippen molar-refractivity contribution in [2.24, 2.45) is 11.3 Å². The molecule has 2 unspecified atom stereocenters. The molecule has 2 fully saturated rings. The van der Waals surface area contributed by atoms with Gasteiger partial charge in [-0.1, -0.05) is 19.8 Å². The van der Waals surface area contributed by atoms with Gasteiger partial charge in [-0.05, 0) is 51.6 Å². The van der Waals surface area contributed by atoms with E-state index in [4.69, 9.17) is 5.26 Å². The summed E-state index contributed by atoms with van der Waals surface area (Å²) in [7, 11) is 0. The van der Waals surface area contributed by atoms with E-state index in [9.17, 15) is 0 Å². The highest BCUT2D eigenvalue weighted by Gasteiger charge is 2.33. The summed E-state index contributed by atoms with van der Waals surface area (Å²) < 4.78 is 0. The maximum atomic E-state index is 9.12. The first-order chi connectivity index (χ1) is 7.63. The lowest BCUT2D eigenvalue weighted by atomic mass is 9.79. The molecule has 2 nitrogen and oxygen atoms in total. The Morgan fingerprint density at radius 1 is 1.25 bits per heavy atom. The van der Waals surface area contributed by atoms with Gasteiger partial charge in [0.1, 0.15) is 0 Å². The highest BCUT2D eigenvalue weighted by molar-refractivity contribution is 4.99. The third-order valence-corrected chi connectivity index (χ3v) is 4.60. The van der Waals surface area contributed by atoms with Crippen molar-refractivity contribution >= 4 is 0 Å². The van der Waals surface area contributed by atoms with Gasteiger partial charge in [0.05, 0.1) is 11.5 Å². The maximum Gasteiger partial charge on any atom is 0.0687 e. The first kappa shape index (κ1) is 11.9. The fraction of sp³-hybridized carbons (Fsp3) is 0.929. The van der Waals surface area contributed by atoms with Gasteiger partial charge in [0.25, 0.3) is 0 Å². The lowest BCUT2D eigenvalue weighted by molar-refractivity contribution is 0.0788. The van der Waals surface area contributed by atoms with E-state index in [1.807, 2.05) is 0 Å². The molecule has 1 saturated heterocycles. The highest BCUT2D eigenvalue weighted by Crippen LogP contribution is 2.34. The van der Waals surface area contributed by atoms with Crippen molar-refractivity contribution in [1.29, 1.82) is 5.26 Å². The van der Waals surface area contributed by atoms with Gasteiger partial charge in [-0.2, -0.15) is 5.26 Å². The quantitative estimate of drug-likeness (QED) is 0.678. The number of likely N-dealkylation sites (tertiary alicyclic amines) is 1. The lowest BCUT2D eigenvalue weighted by Gasteiger charge is -2.42. The summed E-state index contributed by atoms with van der Waals surface area (Å²) in [6.45, 7) is 6.78. The number of hydrogen-bond acceptors (Lipinski definition) is 2. The lowest BCUT2D eigenvalue weighted by Crippen LogP contribution is -2.45. The van der Waals surface area contributed by atoms with Crippen molar-refractivity contribution in [3.63, 3.8) is 0 Å². The van der Waals surface area contributed by atoms with Crippen LogP contribution in [0.25, 0.3) is 0 Å². The van der Waals surface area contributed by atoms with Crippen molar-refractivity contribution in [2.45, 2.75) is 58.4 Å². The molecule has 0 bridgehead atoms. The van der Waals surface area contributed by atoms with Crippen LogP contribution >= 0.6 is 0 Å². The van der Waals surface area contributed by atoms with Gasteiger partial charge in [0, 0.05) is 6.04 Å². The minimum Gasteiger partial charge on any atom is -0.300 e. The van der Waals surface area contributed by atoms with Crippen LogP contribution in [-0.4, -0.2) is 24.0 Å². The van der Waals surface area contributed by atoms with Crippen molar-refractivity contribution in [1.82, 2.24) is 4.90 Å². The summed E-state index contributed by atoms with van der Waals surface area (Å²) in [4.78, 5) is 2.65. The van der Waals surface area contributed by atoms with Crippen molar-refractivity contribution < 1.29 is 0 Å². The van der Waals surface area contributed by atoms with E-state index in [-0.39, 0.29) is 5.41 Å². The van der Waals surface area contributed by atoms with Gasteiger partial charge in [-0.25, -0.2) is 0 Å². The Labute approximate surface area is 99.6 Å². The molecule has 0 aromatic heterocycles. The summed E-state index contributed by atoms with van der Waals surface area (Å²) >= 11 is 0. The molecule has 90 valence electrons. The van der Waals surface area contributed by atoms with E-state index in [1.54, 1.807) is 0 Å². The molecule has 0 amide bonds. The first-order valence-electron chi connectivity index (χ1n) is 6.78.